The highest BCUT2D eigenvalue weighted by molar-refractivity contribution is 6.11. The highest BCUT2D eigenvalue weighted by Crippen LogP contribution is 2.34. The number of likely N-dealkylation sites (N-methyl/N-ethyl adjacent to an activating group) is 1. The zero-order valence-corrected chi connectivity index (χ0v) is 18.5. The second-order valence-electron chi connectivity index (χ2n) is 8.01. The van der Waals surface area contributed by atoms with Crippen molar-refractivity contribution < 1.29 is 14.6 Å². The van der Waals surface area contributed by atoms with Gasteiger partial charge < -0.3 is 19.6 Å². The maximum absolute atomic E-state index is 13.3. The standard InChI is InChI=1S/C27H28N2O3/c1-28-15-17-29(18-16-28)25-13-10-21(23-5-3-4-6-27(23)32-2)19-24(25)26(31)14-9-20-7-11-22(30)12-8-20/h3-14,19,30H,15-18H2,1-2H3/b14-9+. The largest absolute Gasteiger partial charge is 0.508 e. The molecule has 0 bridgehead atoms. The van der Waals surface area contributed by atoms with Gasteiger partial charge in [-0.15, -0.1) is 0 Å². The number of para-hydroxylation sites is 1. The van der Waals surface area contributed by atoms with Crippen LogP contribution in [0.4, 0.5) is 5.69 Å². The average Bonchev–Trinajstić information content (AvgIpc) is 2.83. The van der Waals surface area contributed by atoms with Gasteiger partial charge in [-0.1, -0.05) is 42.5 Å². The zero-order chi connectivity index (χ0) is 22.5. The summed E-state index contributed by atoms with van der Waals surface area (Å²) >= 11 is 0. The van der Waals surface area contributed by atoms with Gasteiger partial charge in [0.2, 0.25) is 0 Å². The Morgan fingerprint density at radius 1 is 0.969 bits per heavy atom. The molecule has 0 aliphatic carbocycles. The summed E-state index contributed by atoms with van der Waals surface area (Å²) in [5.41, 5.74) is 4.39. The fraction of sp³-hybridized carbons (Fsp3) is 0.222. The minimum absolute atomic E-state index is 0.0521. The topological polar surface area (TPSA) is 53.0 Å². The van der Waals surface area contributed by atoms with Crippen molar-refractivity contribution in [3.05, 3.63) is 83.9 Å². The van der Waals surface area contributed by atoms with E-state index < -0.39 is 0 Å². The predicted molar refractivity (Wildman–Crippen MR) is 130 cm³/mol. The molecule has 0 unspecified atom stereocenters. The number of anilines is 1. The van der Waals surface area contributed by atoms with E-state index in [0.29, 0.717) is 5.56 Å². The molecule has 0 radical (unpaired) electrons. The Balaban J connectivity index is 1.72. The van der Waals surface area contributed by atoms with Gasteiger partial charge in [-0.05, 0) is 54.6 Å². The van der Waals surface area contributed by atoms with Crippen molar-refractivity contribution in [2.75, 3.05) is 45.2 Å². The van der Waals surface area contributed by atoms with Crippen molar-refractivity contribution in [1.82, 2.24) is 4.90 Å². The molecule has 0 atom stereocenters. The maximum Gasteiger partial charge on any atom is 0.187 e. The molecule has 0 aromatic heterocycles. The van der Waals surface area contributed by atoms with Gasteiger partial charge in [0.05, 0.1) is 7.11 Å². The summed E-state index contributed by atoms with van der Waals surface area (Å²) < 4.78 is 5.54. The highest BCUT2D eigenvalue weighted by atomic mass is 16.5. The lowest BCUT2D eigenvalue weighted by atomic mass is 9.97. The first-order valence-corrected chi connectivity index (χ1v) is 10.8. The smallest absolute Gasteiger partial charge is 0.187 e. The van der Waals surface area contributed by atoms with Crippen molar-refractivity contribution in [3.8, 4) is 22.6 Å². The van der Waals surface area contributed by atoms with Crippen LogP contribution in [0.2, 0.25) is 0 Å². The molecule has 3 aromatic carbocycles. The summed E-state index contributed by atoms with van der Waals surface area (Å²) in [6.45, 7) is 3.69. The van der Waals surface area contributed by atoms with Crippen LogP contribution >= 0.6 is 0 Å². The van der Waals surface area contributed by atoms with Gasteiger partial charge >= 0.3 is 0 Å². The third kappa shape index (κ3) is 4.84. The molecule has 4 rings (SSSR count). The summed E-state index contributed by atoms with van der Waals surface area (Å²) in [6.07, 6.45) is 3.39. The number of phenols is 1. The van der Waals surface area contributed by atoms with E-state index in [1.54, 1.807) is 43.5 Å². The average molecular weight is 429 g/mol. The van der Waals surface area contributed by atoms with Crippen LogP contribution in [0.25, 0.3) is 17.2 Å². The molecule has 5 nitrogen and oxygen atoms in total. The first-order valence-electron chi connectivity index (χ1n) is 10.8. The second-order valence-corrected chi connectivity index (χ2v) is 8.01. The maximum atomic E-state index is 13.3. The molecular formula is C27H28N2O3. The fourth-order valence-electron chi connectivity index (χ4n) is 3.95. The predicted octanol–water partition coefficient (Wildman–Crippen LogP) is 4.72. The first-order chi connectivity index (χ1) is 15.5. The quantitative estimate of drug-likeness (QED) is 0.455. The molecule has 5 heteroatoms. The van der Waals surface area contributed by atoms with E-state index in [0.717, 1.165) is 54.3 Å². The van der Waals surface area contributed by atoms with E-state index in [1.165, 1.54) is 0 Å². The van der Waals surface area contributed by atoms with Gasteiger partial charge in [0.25, 0.3) is 0 Å². The molecule has 0 saturated carbocycles. The Hall–Kier alpha value is -3.57. The van der Waals surface area contributed by atoms with E-state index in [4.69, 9.17) is 4.74 Å². The summed E-state index contributed by atoms with van der Waals surface area (Å²) in [5, 5.41) is 9.48. The number of piperazine rings is 1. The number of carbonyl (C=O) groups is 1. The number of hydrogen-bond donors (Lipinski definition) is 1. The number of aromatic hydroxyl groups is 1. The lowest BCUT2D eigenvalue weighted by molar-refractivity contribution is 0.104. The molecule has 1 heterocycles. The number of benzene rings is 3. The van der Waals surface area contributed by atoms with Crippen molar-refractivity contribution in [3.63, 3.8) is 0 Å². The summed E-state index contributed by atoms with van der Waals surface area (Å²) in [5.74, 6) is 0.928. The van der Waals surface area contributed by atoms with E-state index in [1.807, 2.05) is 30.3 Å². The minimum Gasteiger partial charge on any atom is -0.508 e. The van der Waals surface area contributed by atoms with Gasteiger partial charge in [0.15, 0.2) is 5.78 Å². The van der Waals surface area contributed by atoms with Crippen LogP contribution < -0.4 is 9.64 Å². The Morgan fingerprint density at radius 3 is 2.41 bits per heavy atom. The lowest BCUT2D eigenvalue weighted by Gasteiger charge is -2.35. The molecule has 1 saturated heterocycles. The minimum atomic E-state index is -0.0521. The van der Waals surface area contributed by atoms with Crippen molar-refractivity contribution in [2.45, 2.75) is 0 Å². The van der Waals surface area contributed by atoms with Crippen LogP contribution in [-0.4, -0.2) is 56.1 Å². The fourth-order valence-corrected chi connectivity index (χ4v) is 3.95. The van der Waals surface area contributed by atoms with E-state index in [2.05, 4.69) is 29.0 Å². The van der Waals surface area contributed by atoms with Crippen molar-refractivity contribution in [1.29, 1.82) is 0 Å². The molecule has 1 aliphatic heterocycles. The van der Waals surface area contributed by atoms with Crippen LogP contribution in [0.3, 0.4) is 0 Å². The van der Waals surface area contributed by atoms with Crippen LogP contribution in [-0.2, 0) is 0 Å². The van der Waals surface area contributed by atoms with Crippen LogP contribution in [0.5, 0.6) is 11.5 Å². The molecule has 0 amide bonds. The molecular weight excluding hydrogens is 400 g/mol. The monoisotopic (exact) mass is 428 g/mol. The molecule has 32 heavy (non-hydrogen) atoms. The Morgan fingerprint density at radius 2 is 1.69 bits per heavy atom. The van der Waals surface area contributed by atoms with Gasteiger partial charge in [0, 0.05) is 43.0 Å². The molecule has 1 N–H and O–H groups in total. The molecule has 1 fully saturated rings. The Kier molecular flexibility index (Phi) is 6.57. The summed E-state index contributed by atoms with van der Waals surface area (Å²) in [6, 6.07) is 20.7. The van der Waals surface area contributed by atoms with Gasteiger partial charge in [0.1, 0.15) is 11.5 Å². The Labute approximate surface area is 189 Å². The van der Waals surface area contributed by atoms with E-state index in [9.17, 15) is 9.90 Å². The number of phenolic OH excluding ortho intramolecular Hbond substituents is 1. The SMILES string of the molecule is COc1ccccc1-c1ccc(N2CCN(C)CC2)c(C(=O)/C=C/c2ccc(O)cc2)c1. The number of rotatable bonds is 6. The number of allylic oxidation sites excluding steroid dienone is 1. The van der Waals surface area contributed by atoms with Crippen LogP contribution in [0.15, 0.2) is 72.8 Å². The number of hydrogen-bond acceptors (Lipinski definition) is 5. The molecule has 3 aromatic rings. The molecule has 1 aliphatic rings. The number of ketones is 1. The third-order valence-corrected chi connectivity index (χ3v) is 5.84. The lowest BCUT2D eigenvalue weighted by Crippen LogP contribution is -2.45. The molecule has 164 valence electrons. The first kappa shape index (κ1) is 21.7. The number of methoxy groups -OCH3 is 1. The summed E-state index contributed by atoms with van der Waals surface area (Å²) in [4.78, 5) is 17.9. The van der Waals surface area contributed by atoms with E-state index in [-0.39, 0.29) is 11.5 Å². The number of carbonyl (C=O) groups excluding carboxylic acids is 1. The number of ether oxygens (including phenoxy) is 1. The van der Waals surface area contributed by atoms with Crippen LogP contribution in [0.1, 0.15) is 15.9 Å². The van der Waals surface area contributed by atoms with Crippen molar-refractivity contribution >= 4 is 17.5 Å². The van der Waals surface area contributed by atoms with Crippen molar-refractivity contribution in [2.24, 2.45) is 0 Å². The third-order valence-electron chi connectivity index (χ3n) is 5.84. The second kappa shape index (κ2) is 9.71. The zero-order valence-electron chi connectivity index (χ0n) is 18.5. The Bertz CT molecular complexity index is 1110. The van der Waals surface area contributed by atoms with Gasteiger partial charge in [-0.3, -0.25) is 4.79 Å². The highest BCUT2D eigenvalue weighted by Gasteiger charge is 2.20. The summed E-state index contributed by atoms with van der Waals surface area (Å²) in [7, 11) is 3.78. The molecule has 0 spiro atoms. The number of nitrogens with zero attached hydrogens (tertiary/aromatic N) is 2. The van der Waals surface area contributed by atoms with Gasteiger partial charge in [-0.2, -0.15) is 0 Å². The van der Waals surface area contributed by atoms with Crippen LogP contribution in [0, 0.1) is 0 Å². The van der Waals surface area contributed by atoms with Gasteiger partial charge in [-0.25, -0.2) is 0 Å². The normalized spacial score (nSPS) is 14.6. The van der Waals surface area contributed by atoms with E-state index >= 15 is 0 Å².